The van der Waals surface area contributed by atoms with E-state index >= 15 is 0 Å². The Labute approximate surface area is 311 Å². The van der Waals surface area contributed by atoms with E-state index in [1.54, 1.807) is 36.7 Å². The Bertz CT molecular complexity index is 1620. The van der Waals surface area contributed by atoms with Crippen molar-refractivity contribution in [1.29, 1.82) is 0 Å². The Hall–Kier alpha value is -4.39. The average Bonchev–Trinajstić information content (AvgIpc) is 3.12. The van der Waals surface area contributed by atoms with Crippen molar-refractivity contribution >= 4 is 40.7 Å². The van der Waals surface area contributed by atoms with Gasteiger partial charge in [0.2, 0.25) is 11.8 Å². The van der Waals surface area contributed by atoms with Crippen molar-refractivity contribution in [2.45, 2.75) is 85.2 Å². The highest BCUT2D eigenvalue weighted by Crippen LogP contribution is 2.23. The van der Waals surface area contributed by atoms with Crippen LogP contribution in [0.2, 0.25) is 0 Å². The maximum atomic E-state index is 13.8. The van der Waals surface area contributed by atoms with Gasteiger partial charge in [-0.05, 0) is 60.9 Å². The van der Waals surface area contributed by atoms with E-state index < -0.39 is 41.4 Å². The lowest BCUT2D eigenvalue weighted by Gasteiger charge is -2.29. The van der Waals surface area contributed by atoms with Gasteiger partial charge in [0.1, 0.15) is 6.04 Å². The predicted molar refractivity (Wildman–Crippen MR) is 209 cm³/mol. The van der Waals surface area contributed by atoms with E-state index in [0.29, 0.717) is 18.7 Å². The molecule has 3 aromatic rings. The summed E-state index contributed by atoms with van der Waals surface area (Å²) in [6.45, 7) is 11.5. The van der Waals surface area contributed by atoms with Gasteiger partial charge in [-0.25, -0.2) is 0 Å². The van der Waals surface area contributed by atoms with Crippen molar-refractivity contribution in [3.63, 3.8) is 0 Å². The first kappa shape index (κ1) is 42.0. The highest BCUT2D eigenvalue weighted by atomic mass is 32.2. The van der Waals surface area contributed by atoms with Gasteiger partial charge in [0.25, 0.3) is 23.2 Å². The molecule has 4 amide bonds. The van der Waals surface area contributed by atoms with Gasteiger partial charge in [-0.15, -0.1) is 0 Å². The molecule has 0 spiro atoms. The molecule has 52 heavy (non-hydrogen) atoms. The molecule has 0 radical (unpaired) electrons. The standard InChI is InChI=1S/C40H55N5O6S/c1-25(2)19-34(35(46)20-27(5)37(47)44-36(26(3)4)40(50)41-24-29-15-11-9-12-16-29)43-39(49)32-21-31(22-33(23-32)45(7)52(8)51)38(48)42-28(6)30-17-13-10-14-18-30/h9-18,21-23,25-28,34-36,46,51H,19-20,24H2,1-8H3,(H3-,41,42,43,44,47,48,49,50)/p+1/t27-,28-,34+,35+,36+,52?/m1/s1. The van der Waals surface area contributed by atoms with Crippen LogP contribution in [-0.4, -0.2) is 64.8 Å². The molecule has 0 saturated carbocycles. The van der Waals surface area contributed by atoms with Crippen LogP contribution in [0.3, 0.4) is 0 Å². The molecule has 0 aliphatic carbocycles. The first-order chi connectivity index (χ1) is 24.6. The number of aliphatic hydroxyl groups is 1. The van der Waals surface area contributed by atoms with Crippen LogP contribution in [0.1, 0.15) is 92.3 Å². The van der Waals surface area contributed by atoms with Crippen molar-refractivity contribution < 1.29 is 28.8 Å². The van der Waals surface area contributed by atoms with Crippen LogP contribution in [0, 0.1) is 17.8 Å². The molecule has 0 aliphatic rings. The van der Waals surface area contributed by atoms with Gasteiger partial charge in [-0.1, -0.05) is 95.3 Å². The zero-order valence-corrected chi connectivity index (χ0v) is 32.4. The monoisotopic (exact) mass is 734 g/mol. The summed E-state index contributed by atoms with van der Waals surface area (Å²) in [6.07, 6.45) is 0.984. The number of rotatable bonds is 18. The number of carbonyl (C=O) groups excluding carboxylic acids is 4. The number of hydrogen-bond donors (Lipinski definition) is 6. The van der Waals surface area contributed by atoms with Crippen LogP contribution < -0.4 is 25.6 Å². The number of carbonyl (C=O) groups is 4. The molecule has 0 aromatic heterocycles. The summed E-state index contributed by atoms with van der Waals surface area (Å²) in [6, 6.07) is 22.0. The summed E-state index contributed by atoms with van der Waals surface area (Å²) in [5.41, 5.74) is 2.75. The highest BCUT2D eigenvalue weighted by Gasteiger charge is 2.31. The maximum Gasteiger partial charge on any atom is 0.261 e. The number of nitrogens with zero attached hydrogens (tertiary/aromatic N) is 1. The Morgan fingerprint density at radius 3 is 1.85 bits per heavy atom. The van der Waals surface area contributed by atoms with Crippen LogP contribution in [0.15, 0.2) is 78.9 Å². The van der Waals surface area contributed by atoms with Gasteiger partial charge in [-0.2, -0.15) is 8.86 Å². The molecule has 0 heterocycles. The lowest BCUT2D eigenvalue weighted by atomic mass is 9.91. The lowest BCUT2D eigenvalue weighted by Crippen LogP contribution is -2.51. The van der Waals surface area contributed by atoms with E-state index in [1.165, 1.54) is 6.07 Å². The third kappa shape index (κ3) is 12.7. The number of nitrogens with one attached hydrogen (secondary N) is 4. The minimum Gasteiger partial charge on any atom is -0.391 e. The molecule has 1 unspecified atom stereocenters. The number of hydrogen-bond acceptors (Lipinski definition) is 7. The molecular weight excluding hydrogens is 679 g/mol. The Balaban J connectivity index is 1.75. The van der Waals surface area contributed by atoms with Crippen LogP contribution in [0.25, 0.3) is 0 Å². The van der Waals surface area contributed by atoms with E-state index in [0.717, 1.165) is 11.1 Å². The van der Waals surface area contributed by atoms with E-state index in [9.17, 15) is 28.8 Å². The second-order valence-corrected chi connectivity index (χ2v) is 15.6. The molecular formula is C40H56N5O6S+. The normalized spacial score (nSPS) is 14.8. The Kier molecular flexibility index (Phi) is 16.2. The second kappa shape index (κ2) is 20.0. The smallest absolute Gasteiger partial charge is 0.261 e. The quantitative estimate of drug-likeness (QED) is 0.0976. The minimum absolute atomic E-state index is 0.0386. The third-order valence-electron chi connectivity index (χ3n) is 8.95. The highest BCUT2D eigenvalue weighted by molar-refractivity contribution is 7.92. The number of amides is 4. The molecule has 12 heteroatoms. The molecule has 0 bridgehead atoms. The molecule has 6 atom stereocenters. The fourth-order valence-corrected chi connectivity index (χ4v) is 6.15. The second-order valence-electron chi connectivity index (χ2n) is 14.2. The van der Waals surface area contributed by atoms with Gasteiger partial charge in [0, 0.05) is 23.6 Å². The summed E-state index contributed by atoms with van der Waals surface area (Å²) >= 11 is -1.19. The van der Waals surface area contributed by atoms with E-state index in [1.807, 2.05) is 95.3 Å². The summed E-state index contributed by atoms with van der Waals surface area (Å²) in [5.74, 6) is -2.32. The Morgan fingerprint density at radius 1 is 0.750 bits per heavy atom. The fraction of sp³-hybridized carbons (Fsp3) is 0.450. The molecule has 11 nitrogen and oxygen atoms in total. The minimum atomic E-state index is -1.19. The average molecular weight is 735 g/mol. The van der Waals surface area contributed by atoms with E-state index in [2.05, 4.69) is 21.3 Å². The van der Waals surface area contributed by atoms with Crippen molar-refractivity contribution in [2.24, 2.45) is 17.8 Å². The van der Waals surface area contributed by atoms with Gasteiger partial charge in [0.15, 0.2) is 6.26 Å². The number of anilines is 1. The van der Waals surface area contributed by atoms with Crippen LogP contribution in [-0.2, 0) is 27.5 Å². The van der Waals surface area contributed by atoms with Gasteiger partial charge >= 0.3 is 0 Å². The number of aliphatic hydroxyl groups excluding tert-OH is 1. The first-order valence-corrected chi connectivity index (χ1v) is 19.3. The molecule has 282 valence electrons. The van der Waals surface area contributed by atoms with Crippen LogP contribution in [0.5, 0.6) is 0 Å². The summed E-state index contributed by atoms with van der Waals surface area (Å²) in [5, 5.41) is 23.1. The van der Waals surface area contributed by atoms with Crippen molar-refractivity contribution in [1.82, 2.24) is 21.3 Å². The Morgan fingerprint density at radius 2 is 1.31 bits per heavy atom. The first-order valence-electron chi connectivity index (χ1n) is 17.8. The largest absolute Gasteiger partial charge is 0.391 e. The lowest BCUT2D eigenvalue weighted by molar-refractivity contribution is -0.132. The molecule has 3 aromatic carbocycles. The summed E-state index contributed by atoms with van der Waals surface area (Å²) < 4.78 is 11.9. The van der Waals surface area contributed by atoms with Crippen molar-refractivity contribution in [2.75, 3.05) is 17.6 Å². The van der Waals surface area contributed by atoms with Crippen molar-refractivity contribution in [3.8, 4) is 0 Å². The van der Waals surface area contributed by atoms with Crippen LogP contribution in [0.4, 0.5) is 5.69 Å². The SMILES string of the molecule is CC(C)C[C@H](NC(=O)c1cc(C(=O)N[C@H](C)c2ccccc2)cc(N(C)[S+](C)O)c1)[C@@H](O)C[C@@H](C)C(=O)N[C@H](C(=O)NCc1ccccc1)C(C)C. The molecule has 3 rings (SSSR count). The number of benzene rings is 3. The molecule has 0 aliphatic heterocycles. The van der Waals surface area contributed by atoms with E-state index in [-0.39, 0.29) is 53.1 Å². The van der Waals surface area contributed by atoms with Gasteiger partial charge in [-0.3, -0.25) is 19.2 Å². The topological polar surface area (TPSA) is 160 Å². The summed E-state index contributed by atoms with van der Waals surface area (Å²) in [7, 11) is 1.67. The van der Waals surface area contributed by atoms with Crippen LogP contribution >= 0.6 is 0 Å². The third-order valence-corrected chi connectivity index (χ3v) is 9.96. The molecule has 0 fully saturated rings. The van der Waals surface area contributed by atoms with E-state index in [4.69, 9.17) is 0 Å². The fourth-order valence-electron chi connectivity index (χ4n) is 5.74. The summed E-state index contributed by atoms with van der Waals surface area (Å²) in [4.78, 5) is 53.7. The molecule has 0 saturated heterocycles. The van der Waals surface area contributed by atoms with Gasteiger partial charge < -0.3 is 26.4 Å². The predicted octanol–water partition coefficient (Wildman–Crippen LogP) is 5.24. The maximum absolute atomic E-state index is 13.8. The molecule has 6 N–H and O–H groups in total. The van der Waals surface area contributed by atoms with Gasteiger partial charge in [0.05, 0.1) is 30.9 Å². The zero-order valence-electron chi connectivity index (χ0n) is 31.6. The zero-order chi connectivity index (χ0) is 38.5. The van der Waals surface area contributed by atoms with Crippen molar-refractivity contribution in [3.05, 3.63) is 101 Å².